The van der Waals surface area contributed by atoms with Gasteiger partial charge in [-0.15, -0.1) is 0 Å². The number of nitrogens with zero attached hydrogens (tertiary/aromatic N) is 1. The SMILES string of the molecule is COC(=O)CCc1c(NC(=O)c2cc3cc(Cl)ccc3[nH]2)cccc1C1=NCCN1. The van der Waals surface area contributed by atoms with E-state index in [1.54, 1.807) is 18.2 Å². The molecule has 2 aromatic carbocycles. The van der Waals surface area contributed by atoms with Crippen LogP contribution in [0.15, 0.2) is 47.5 Å². The maximum atomic E-state index is 12.9. The van der Waals surface area contributed by atoms with E-state index in [1.807, 2.05) is 24.3 Å². The second-order valence-corrected chi connectivity index (χ2v) is 7.37. The van der Waals surface area contributed by atoms with Crippen molar-refractivity contribution in [2.45, 2.75) is 12.8 Å². The number of H-pyrrole nitrogens is 1. The van der Waals surface area contributed by atoms with Gasteiger partial charge < -0.3 is 20.4 Å². The summed E-state index contributed by atoms with van der Waals surface area (Å²) in [6, 6.07) is 12.8. The van der Waals surface area contributed by atoms with Gasteiger partial charge in [0, 0.05) is 40.1 Å². The summed E-state index contributed by atoms with van der Waals surface area (Å²) in [6.45, 7) is 1.46. The van der Waals surface area contributed by atoms with Crippen molar-refractivity contribution in [3.05, 3.63) is 64.3 Å². The lowest BCUT2D eigenvalue weighted by Crippen LogP contribution is -2.22. The van der Waals surface area contributed by atoms with Crippen LogP contribution in [0, 0.1) is 0 Å². The summed E-state index contributed by atoms with van der Waals surface area (Å²) < 4.78 is 4.78. The topological polar surface area (TPSA) is 95.6 Å². The van der Waals surface area contributed by atoms with E-state index in [0.717, 1.165) is 34.4 Å². The van der Waals surface area contributed by atoms with E-state index in [-0.39, 0.29) is 18.3 Å². The summed E-state index contributed by atoms with van der Waals surface area (Å²) >= 11 is 6.04. The number of rotatable bonds is 6. The third kappa shape index (κ3) is 4.16. The quantitative estimate of drug-likeness (QED) is 0.527. The zero-order chi connectivity index (χ0) is 21.1. The van der Waals surface area contributed by atoms with Gasteiger partial charge in [0.1, 0.15) is 11.5 Å². The van der Waals surface area contributed by atoms with Crippen LogP contribution in [0.25, 0.3) is 10.9 Å². The summed E-state index contributed by atoms with van der Waals surface area (Å²) in [7, 11) is 1.36. The molecule has 0 unspecified atom stereocenters. The Bertz CT molecular complexity index is 1150. The standard InChI is InChI=1S/C22H21ClN4O3/c1-30-20(28)8-6-15-16(21-24-9-10-25-21)3-2-4-18(15)27-22(29)19-12-13-11-14(23)5-7-17(13)26-19/h2-5,7,11-12,26H,6,8-10H2,1H3,(H,24,25)(H,27,29). The fourth-order valence-electron chi connectivity index (χ4n) is 3.52. The molecule has 1 amide bonds. The first kappa shape index (κ1) is 20.0. The number of aromatic amines is 1. The number of nitrogens with one attached hydrogen (secondary N) is 3. The monoisotopic (exact) mass is 424 g/mol. The van der Waals surface area contributed by atoms with Crippen LogP contribution < -0.4 is 10.6 Å². The third-order valence-electron chi connectivity index (χ3n) is 4.99. The summed E-state index contributed by atoms with van der Waals surface area (Å²) in [5.41, 5.74) is 3.59. The molecule has 0 saturated heterocycles. The summed E-state index contributed by atoms with van der Waals surface area (Å²) in [4.78, 5) is 32.3. The molecule has 3 N–H and O–H groups in total. The van der Waals surface area contributed by atoms with Gasteiger partial charge in [-0.1, -0.05) is 23.7 Å². The number of methoxy groups -OCH3 is 1. The van der Waals surface area contributed by atoms with Crippen LogP contribution in [0.2, 0.25) is 5.02 Å². The lowest BCUT2D eigenvalue weighted by molar-refractivity contribution is -0.140. The molecule has 0 saturated carbocycles. The molecule has 4 rings (SSSR count). The van der Waals surface area contributed by atoms with Crippen molar-refractivity contribution in [2.24, 2.45) is 4.99 Å². The average molecular weight is 425 g/mol. The number of carbonyl (C=O) groups excluding carboxylic acids is 2. The van der Waals surface area contributed by atoms with Gasteiger partial charge in [0.05, 0.1) is 13.7 Å². The largest absolute Gasteiger partial charge is 0.469 e. The van der Waals surface area contributed by atoms with E-state index in [9.17, 15) is 9.59 Å². The van der Waals surface area contributed by atoms with E-state index in [2.05, 4.69) is 20.6 Å². The van der Waals surface area contributed by atoms with Gasteiger partial charge in [0.25, 0.3) is 5.91 Å². The second-order valence-electron chi connectivity index (χ2n) is 6.93. The fourth-order valence-corrected chi connectivity index (χ4v) is 3.70. The molecule has 0 spiro atoms. The van der Waals surface area contributed by atoms with Gasteiger partial charge >= 0.3 is 5.97 Å². The van der Waals surface area contributed by atoms with E-state index in [4.69, 9.17) is 16.3 Å². The third-order valence-corrected chi connectivity index (χ3v) is 5.22. The molecule has 0 aliphatic carbocycles. The van der Waals surface area contributed by atoms with Crippen molar-refractivity contribution in [1.29, 1.82) is 0 Å². The minimum absolute atomic E-state index is 0.203. The number of ether oxygens (including phenoxy) is 1. The lowest BCUT2D eigenvalue weighted by atomic mass is 9.99. The van der Waals surface area contributed by atoms with Crippen molar-refractivity contribution in [3.63, 3.8) is 0 Å². The van der Waals surface area contributed by atoms with Crippen molar-refractivity contribution in [3.8, 4) is 0 Å². The molecule has 0 fully saturated rings. The van der Waals surface area contributed by atoms with E-state index in [0.29, 0.717) is 29.4 Å². The number of benzene rings is 2. The van der Waals surface area contributed by atoms with Crippen LogP contribution >= 0.6 is 11.6 Å². The molecule has 8 heteroatoms. The Kier molecular flexibility index (Phi) is 5.72. The number of hydrogen-bond donors (Lipinski definition) is 3. The molecule has 0 atom stereocenters. The van der Waals surface area contributed by atoms with Gasteiger partial charge in [-0.05, 0) is 42.3 Å². The minimum atomic E-state index is -0.309. The normalized spacial score (nSPS) is 13.1. The van der Waals surface area contributed by atoms with Crippen LogP contribution in [0.3, 0.4) is 0 Å². The number of halogens is 1. The van der Waals surface area contributed by atoms with Crippen molar-refractivity contribution in [2.75, 3.05) is 25.5 Å². The molecule has 154 valence electrons. The smallest absolute Gasteiger partial charge is 0.305 e. The Morgan fingerprint density at radius 1 is 1.23 bits per heavy atom. The number of aromatic nitrogens is 1. The van der Waals surface area contributed by atoms with Gasteiger partial charge in [-0.2, -0.15) is 0 Å². The highest BCUT2D eigenvalue weighted by Crippen LogP contribution is 2.25. The highest BCUT2D eigenvalue weighted by atomic mass is 35.5. The first-order valence-corrected chi connectivity index (χ1v) is 10.00. The molecule has 1 aliphatic heterocycles. The van der Waals surface area contributed by atoms with Crippen LogP contribution in [0.5, 0.6) is 0 Å². The molecule has 7 nitrogen and oxygen atoms in total. The van der Waals surface area contributed by atoms with E-state index < -0.39 is 0 Å². The van der Waals surface area contributed by atoms with Crippen molar-refractivity contribution >= 4 is 45.9 Å². The van der Waals surface area contributed by atoms with Gasteiger partial charge in [0.2, 0.25) is 0 Å². The van der Waals surface area contributed by atoms with Gasteiger partial charge in [0.15, 0.2) is 0 Å². The Labute approximate surface area is 178 Å². The number of anilines is 1. The molecule has 0 bridgehead atoms. The van der Waals surface area contributed by atoms with Crippen molar-refractivity contribution < 1.29 is 14.3 Å². The minimum Gasteiger partial charge on any atom is -0.469 e. The lowest BCUT2D eigenvalue weighted by Gasteiger charge is -2.15. The number of fused-ring (bicyclic) bond motifs is 1. The van der Waals surface area contributed by atoms with Crippen LogP contribution in [-0.4, -0.2) is 42.9 Å². The number of amides is 1. The number of amidine groups is 1. The second kappa shape index (κ2) is 8.59. The number of esters is 1. The fraction of sp³-hybridized carbons (Fsp3) is 0.227. The Morgan fingerprint density at radius 3 is 2.87 bits per heavy atom. The Hall–Kier alpha value is -3.32. The van der Waals surface area contributed by atoms with E-state index >= 15 is 0 Å². The maximum absolute atomic E-state index is 12.9. The molecular formula is C22H21ClN4O3. The first-order chi connectivity index (χ1) is 14.5. The molecular weight excluding hydrogens is 404 g/mol. The molecule has 3 aromatic rings. The Morgan fingerprint density at radius 2 is 2.10 bits per heavy atom. The molecule has 2 heterocycles. The summed E-state index contributed by atoms with van der Waals surface area (Å²) in [5, 5.41) is 7.69. The Balaban J connectivity index is 1.65. The highest BCUT2D eigenvalue weighted by Gasteiger charge is 2.19. The average Bonchev–Trinajstić information content (AvgIpc) is 3.42. The van der Waals surface area contributed by atoms with Gasteiger partial charge in [-0.3, -0.25) is 14.6 Å². The number of hydrogen-bond acceptors (Lipinski definition) is 5. The van der Waals surface area contributed by atoms with Crippen LogP contribution in [0.4, 0.5) is 5.69 Å². The van der Waals surface area contributed by atoms with E-state index in [1.165, 1.54) is 7.11 Å². The summed E-state index contributed by atoms with van der Waals surface area (Å²) in [5.74, 6) is 0.183. The molecule has 1 aliphatic rings. The van der Waals surface area contributed by atoms with Crippen LogP contribution in [0.1, 0.15) is 28.0 Å². The molecule has 30 heavy (non-hydrogen) atoms. The first-order valence-electron chi connectivity index (χ1n) is 9.62. The predicted octanol–water partition coefficient (Wildman–Crippen LogP) is 3.53. The zero-order valence-corrected chi connectivity index (χ0v) is 17.2. The number of carbonyl (C=O) groups is 2. The number of aliphatic imine (C=N–C) groups is 1. The maximum Gasteiger partial charge on any atom is 0.305 e. The van der Waals surface area contributed by atoms with Crippen LogP contribution in [-0.2, 0) is 16.0 Å². The highest BCUT2D eigenvalue weighted by molar-refractivity contribution is 6.31. The molecule has 1 aromatic heterocycles. The van der Waals surface area contributed by atoms with Gasteiger partial charge in [-0.25, -0.2) is 0 Å². The molecule has 0 radical (unpaired) electrons. The van der Waals surface area contributed by atoms with Crippen molar-refractivity contribution in [1.82, 2.24) is 10.3 Å². The summed E-state index contributed by atoms with van der Waals surface area (Å²) in [6.07, 6.45) is 0.621. The zero-order valence-electron chi connectivity index (χ0n) is 16.4. The predicted molar refractivity (Wildman–Crippen MR) is 117 cm³/mol.